The fourth-order valence-electron chi connectivity index (χ4n) is 3.55. The summed E-state index contributed by atoms with van der Waals surface area (Å²) >= 11 is 0. The number of β-amino-alcohol motifs (C(OH)–C–C–N with tert-alkyl or cyclic N) is 1. The molecule has 2 heterocycles. The van der Waals surface area contributed by atoms with Crippen LogP contribution in [0.25, 0.3) is 10.9 Å². The van der Waals surface area contributed by atoms with E-state index in [4.69, 9.17) is 0 Å². The van der Waals surface area contributed by atoms with Crippen molar-refractivity contribution < 1.29 is 9.50 Å². The number of benzene rings is 2. The first-order chi connectivity index (χ1) is 12.6. The number of aliphatic hydroxyl groups is 1. The maximum Gasteiger partial charge on any atom is 0.261 e. The minimum Gasteiger partial charge on any atom is -0.390 e. The van der Waals surface area contributed by atoms with E-state index in [9.17, 15) is 14.3 Å². The minimum atomic E-state index is -0.683. The van der Waals surface area contributed by atoms with Crippen molar-refractivity contribution in [3.63, 3.8) is 0 Å². The van der Waals surface area contributed by atoms with Gasteiger partial charge < -0.3 is 5.11 Å². The van der Waals surface area contributed by atoms with E-state index in [1.807, 2.05) is 12.1 Å². The number of hydrogen-bond donors (Lipinski definition) is 1. The Morgan fingerprint density at radius 3 is 2.81 bits per heavy atom. The Bertz CT molecular complexity index is 1000. The maximum atomic E-state index is 13.3. The average Bonchev–Trinajstić information content (AvgIpc) is 2.64. The van der Waals surface area contributed by atoms with Crippen molar-refractivity contribution >= 4 is 10.9 Å². The summed E-state index contributed by atoms with van der Waals surface area (Å²) in [5, 5.41) is 10.8. The molecule has 0 radical (unpaired) electrons. The number of nitrogens with zero attached hydrogens (tertiary/aromatic N) is 3. The Balaban J connectivity index is 1.46. The first kappa shape index (κ1) is 16.9. The molecule has 1 aromatic heterocycles. The Morgan fingerprint density at radius 2 is 1.96 bits per heavy atom. The van der Waals surface area contributed by atoms with Gasteiger partial charge in [0.1, 0.15) is 5.82 Å². The molecule has 26 heavy (non-hydrogen) atoms. The molecule has 4 rings (SSSR count). The highest BCUT2D eigenvalue weighted by Crippen LogP contribution is 2.18. The number of hydrogen-bond acceptors (Lipinski definition) is 4. The van der Waals surface area contributed by atoms with Gasteiger partial charge in [-0.3, -0.25) is 14.3 Å². The van der Waals surface area contributed by atoms with Crippen LogP contribution >= 0.6 is 0 Å². The maximum absolute atomic E-state index is 13.3. The minimum absolute atomic E-state index is 0.164. The first-order valence-corrected chi connectivity index (χ1v) is 8.72. The lowest BCUT2D eigenvalue weighted by Gasteiger charge is -2.30. The van der Waals surface area contributed by atoms with Gasteiger partial charge in [-0.05, 0) is 29.7 Å². The van der Waals surface area contributed by atoms with Crippen LogP contribution in [0.15, 0.2) is 53.6 Å². The van der Waals surface area contributed by atoms with E-state index in [1.54, 1.807) is 0 Å². The lowest BCUT2D eigenvalue weighted by Crippen LogP contribution is -2.39. The molecule has 3 aromatic rings. The predicted molar refractivity (Wildman–Crippen MR) is 97.4 cm³/mol. The van der Waals surface area contributed by atoms with E-state index in [2.05, 4.69) is 22.0 Å². The molecule has 1 N–H and O–H groups in total. The molecule has 2 aromatic carbocycles. The zero-order valence-corrected chi connectivity index (χ0v) is 14.3. The molecule has 1 atom stereocenters. The van der Waals surface area contributed by atoms with Crippen molar-refractivity contribution in [2.24, 2.45) is 0 Å². The largest absolute Gasteiger partial charge is 0.390 e. The molecular weight excluding hydrogens is 333 g/mol. The Morgan fingerprint density at radius 1 is 1.15 bits per heavy atom. The quantitative estimate of drug-likeness (QED) is 0.779. The van der Waals surface area contributed by atoms with E-state index in [1.165, 1.54) is 40.2 Å². The summed E-state index contributed by atoms with van der Waals surface area (Å²) in [6.45, 7) is 2.34. The second-order valence-corrected chi connectivity index (χ2v) is 6.77. The van der Waals surface area contributed by atoms with Crippen LogP contribution < -0.4 is 5.56 Å². The Kier molecular flexibility index (Phi) is 4.53. The van der Waals surface area contributed by atoms with Crippen molar-refractivity contribution in [2.75, 3.05) is 13.1 Å². The van der Waals surface area contributed by atoms with Crippen LogP contribution in [0.2, 0.25) is 0 Å². The average molecular weight is 353 g/mol. The molecule has 1 aliphatic heterocycles. The van der Waals surface area contributed by atoms with Crippen LogP contribution in [0, 0.1) is 5.82 Å². The van der Waals surface area contributed by atoms with Gasteiger partial charge in [-0.2, -0.15) is 0 Å². The summed E-state index contributed by atoms with van der Waals surface area (Å²) in [4.78, 5) is 18.8. The molecule has 1 aliphatic rings. The van der Waals surface area contributed by atoms with Crippen molar-refractivity contribution in [2.45, 2.75) is 25.6 Å². The zero-order valence-electron chi connectivity index (χ0n) is 14.3. The van der Waals surface area contributed by atoms with E-state index in [-0.39, 0.29) is 12.1 Å². The molecule has 0 saturated carbocycles. The summed E-state index contributed by atoms with van der Waals surface area (Å²) in [5.41, 5.74) is 2.71. The van der Waals surface area contributed by atoms with Gasteiger partial charge in [0, 0.05) is 25.7 Å². The number of aliphatic hydroxyl groups excluding tert-OH is 1. The van der Waals surface area contributed by atoms with Gasteiger partial charge in [-0.1, -0.05) is 24.3 Å². The van der Waals surface area contributed by atoms with Crippen LogP contribution in [0.5, 0.6) is 0 Å². The molecule has 0 bridgehead atoms. The molecule has 5 nitrogen and oxygen atoms in total. The fraction of sp³-hybridized carbons (Fsp3) is 0.300. The molecule has 0 fully saturated rings. The normalized spacial score (nSPS) is 15.8. The number of halogens is 1. The second-order valence-electron chi connectivity index (χ2n) is 6.77. The van der Waals surface area contributed by atoms with Gasteiger partial charge in [-0.25, -0.2) is 9.37 Å². The number of fused-ring (bicyclic) bond motifs is 2. The van der Waals surface area contributed by atoms with Crippen LogP contribution in [0.4, 0.5) is 4.39 Å². The van der Waals surface area contributed by atoms with Crippen LogP contribution in [-0.4, -0.2) is 38.8 Å². The van der Waals surface area contributed by atoms with Gasteiger partial charge in [0.25, 0.3) is 5.56 Å². The molecule has 6 heteroatoms. The van der Waals surface area contributed by atoms with Gasteiger partial charge in [-0.15, -0.1) is 0 Å². The Hall–Kier alpha value is -2.57. The molecule has 0 spiro atoms. The van der Waals surface area contributed by atoms with Gasteiger partial charge in [0.05, 0.1) is 29.9 Å². The number of aromatic nitrogens is 2. The molecule has 0 saturated heterocycles. The van der Waals surface area contributed by atoms with Crippen LogP contribution in [-0.2, 0) is 19.5 Å². The molecule has 0 unspecified atom stereocenters. The molecule has 0 amide bonds. The number of rotatable bonds is 4. The highest BCUT2D eigenvalue weighted by atomic mass is 19.1. The van der Waals surface area contributed by atoms with Crippen molar-refractivity contribution in [1.82, 2.24) is 14.5 Å². The topological polar surface area (TPSA) is 58.4 Å². The predicted octanol–water partition coefficient (Wildman–Crippen LogP) is 1.95. The molecule has 134 valence electrons. The Labute approximate surface area is 150 Å². The lowest BCUT2D eigenvalue weighted by molar-refractivity contribution is 0.0908. The fourth-order valence-corrected chi connectivity index (χ4v) is 3.55. The lowest BCUT2D eigenvalue weighted by atomic mass is 10.00. The molecule has 0 aliphatic carbocycles. The van der Waals surface area contributed by atoms with Crippen molar-refractivity contribution in [3.05, 3.63) is 76.1 Å². The van der Waals surface area contributed by atoms with Crippen molar-refractivity contribution in [3.8, 4) is 0 Å². The van der Waals surface area contributed by atoms with Gasteiger partial charge >= 0.3 is 0 Å². The summed E-state index contributed by atoms with van der Waals surface area (Å²) in [7, 11) is 0. The smallest absolute Gasteiger partial charge is 0.261 e. The first-order valence-electron chi connectivity index (χ1n) is 8.72. The van der Waals surface area contributed by atoms with Gasteiger partial charge in [0.2, 0.25) is 0 Å². The monoisotopic (exact) mass is 353 g/mol. The van der Waals surface area contributed by atoms with Crippen LogP contribution in [0.1, 0.15) is 11.1 Å². The third kappa shape index (κ3) is 3.38. The second kappa shape index (κ2) is 6.97. The summed E-state index contributed by atoms with van der Waals surface area (Å²) < 4.78 is 14.6. The SMILES string of the molecule is O=c1c2ccc(F)cc2ncn1C[C@H](O)CN1CCc2ccccc2C1. The summed E-state index contributed by atoms with van der Waals surface area (Å²) in [6, 6.07) is 12.3. The van der Waals surface area contributed by atoms with Crippen LogP contribution in [0.3, 0.4) is 0 Å². The third-order valence-electron chi connectivity index (χ3n) is 4.87. The third-order valence-corrected chi connectivity index (χ3v) is 4.87. The van der Waals surface area contributed by atoms with E-state index in [0.717, 1.165) is 19.5 Å². The summed E-state index contributed by atoms with van der Waals surface area (Å²) in [6.07, 6.45) is 1.66. The summed E-state index contributed by atoms with van der Waals surface area (Å²) in [5.74, 6) is -0.424. The van der Waals surface area contributed by atoms with E-state index < -0.39 is 11.9 Å². The van der Waals surface area contributed by atoms with E-state index in [0.29, 0.717) is 17.4 Å². The standard InChI is InChI=1S/C20H20FN3O2/c21-16-5-6-18-19(9-16)22-13-24(20(18)26)12-17(25)11-23-8-7-14-3-1-2-4-15(14)10-23/h1-6,9,13,17,25H,7-8,10-12H2/t17-/m1/s1. The highest BCUT2D eigenvalue weighted by Gasteiger charge is 2.19. The zero-order chi connectivity index (χ0) is 18.1. The highest BCUT2D eigenvalue weighted by molar-refractivity contribution is 5.77. The van der Waals surface area contributed by atoms with E-state index >= 15 is 0 Å². The van der Waals surface area contributed by atoms with Crippen molar-refractivity contribution in [1.29, 1.82) is 0 Å². The van der Waals surface area contributed by atoms with Gasteiger partial charge in [0.15, 0.2) is 0 Å². The molecular formula is C20H20FN3O2.